The molecule has 0 spiro atoms. The Morgan fingerprint density at radius 2 is 2.14 bits per heavy atom. The molecule has 1 fully saturated rings. The fourth-order valence-corrected chi connectivity index (χ4v) is 2.65. The van der Waals surface area contributed by atoms with E-state index >= 15 is 0 Å². The van der Waals surface area contributed by atoms with Crippen LogP contribution in [-0.2, 0) is 9.59 Å². The predicted octanol–water partition coefficient (Wildman–Crippen LogP) is 0.412. The largest absolute Gasteiger partial charge is 0.507 e. The van der Waals surface area contributed by atoms with Crippen molar-refractivity contribution in [3.05, 3.63) is 27.3 Å². The first kappa shape index (κ1) is 15.5. The summed E-state index contributed by atoms with van der Waals surface area (Å²) in [5.74, 6) is -2.41. The summed E-state index contributed by atoms with van der Waals surface area (Å²) in [6.07, 6.45) is -0.470. The fourth-order valence-electron chi connectivity index (χ4n) is 2.16. The monoisotopic (exact) mass is 404 g/mol. The van der Waals surface area contributed by atoms with Crippen molar-refractivity contribution in [2.24, 2.45) is 0 Å². The Morgan fingerprint density at radius 1 is 1.43 bits per heavy atom. The van der Waals surface area contributed by atoms with Crippen LogP contribution in [0.15, 0.2) is 18.2 Å². The van der Waals surface area contributed by atoms with Crippen LogP contribution in [0.3, 0.4) is 0 Å². The molecule has 2 rings (SSSR count). The molecule has 0 aromatic heterocycles. The number of aromatic hydroxyl groups is 1. The van der Waals surface area contributed by atoms with Crippen LogP contribution in [0, 0.1) is 3.57 Å². The molecular formula is C13H13IN2O5. The molecule has 1 heterocycles. The molecule has 1 unspecified atom stereocenters. The Balaban J connectivity index is 2.32. The van der Waals surface area contributed by atoms with Crippen LogP contribution >= 0.6 is 22.6 Å². The number of nitrogens with one attached hydrogen (secondary N) is 1. The third-order valence-corrected chi connectivity index (χ3v) is 3.82. The average Bonchev–Trinajstić information content (AvgIpc) is 2.42. The Morgan fingerprint density at radius 3 is 2.81 bits per heavy atom. The van der Waals surface area contributed by atoms with E-state index in [1.165, 1.54) is 17.0 Å². The number of benzene rings is 1. The lowest BCUT2D eigenvalue weighted by Gasteiger charge is -2.34. The highest BCUT2D eigenvalue weighted by Gasteiger charge is 2.35. The van der Waals surface area contributed by atoms with Crippen molar-refractivity contribution in [2.45, 2.75) is 12.5 Å². The van der Waals surface area contributed by atoms with Gasteiger partial charge in [-0.3, -0.25) is 14.4 Å². The van der Waals surface area contributed by atoms with Gasteiger partial charge in [0.2, 0.25) is 5.91 Å². The van der Waals surface area contributed by atoms with Gasteiger partial charge in [0.25, 0.3) is 5.91 Å². The molecule has 2 amide bonds. The topological polar surface area (TPSA) is 107 Å². The number of carboxylic acids is 1. The molecule has 0 saturated carbocycles. The van der Waals surface area contributed by atoms with E-state index in [1.54, 1.807) is 6.07 Å². The molecule has 8 heteroatoms. The van der Waals surface area contributed by atoms with Crippen molar-refractivity contribution in [3.8, 4) is 5.75 Å². The quantitative estimate of drug-likeness (QED) is 0.633. The number of hydrogen-bond acceptors (Lipinski definition) is 4. The summed E-state index contributed by atoms with van der Waals surface area (Å²) in [7, 11) is 0. The number of rotatable bonds is 3. The Kier molecular flexibility index (Phi) is 4.66. The number of nitrogens with zero attached hydrogens (tertiary/aromatic N) is 1. The molecule has 0 bridgehead atoms. The van der Waals surface area contributed by atoms with Gasteiger partial charge in [0.05, 0.1) is 12.0 Å². The number of halogens is 1. The van der Waals surface area contributed by atoms with Crippen LogP contribution in [-0.4, -0.2) is 52.0 Å². The number of carboxylic acid groups (broad SMARTS) is 1. The molecule has 0 radical (unpaired) electrons. The standard InChI is InChI=1S/C13H13IN2O5/c14-7-1-2-10(17)8(5-7)13(21)16-4-3-15-12(20)9(16)6-11(18)19/h1-2,5,9,17H,3-4,6H2,(H,15,20)(H,18,19). The van der Waals surface area contributed by atoms with E-state index < -0.39 is 30.2 Å². The van der Waals surface area contributed by atoms with Crippen molar-refractivity contribution in [3.63, 3.8) is 0 Å². The number of piperazine rings is 1. The first-order chi connectivity index (χ1) is 9.90. The zero-order valence-corrected chi connectivity index (χ0v) is 13.0. The second kappa shape index (κ2) is 6.29. The summed E-state index contributed by atoms with van der Waals surface area (Å²) < 4.78 is 0.755. The van der Waals surface area contributed by atoms with Crippen molar-refractivity contribution < 1.29 is 24.6 Å². The lowest BCUT2D eigenvalue weighted by molar-refractivity contribution is -0.142. The Hall–Kier alpha value is -1.84. The molecule has 1 aliphatic heterocycles. The Labute approximate surface area is 134 Å². The lowest BCUT2D eigenvalue weighted by atomic mass is 10.1. The third-order valence-electron chi connectivity index (χ3n) is 3.15. The van der Waals surface area contributed by atoms with E-state index in [-0.39, 0.29) is 24.4 Å². The summed E-state index contributed by atoms with van der Waals surface area (Å²) in [5.41, 5.74) is 0.0620. The minimum atomic E-state index is -1.17. The molecule has 112 valence electrons. The van der Waals surface area contributed by atoms with Crippen LogP contribution in [0.4, 0.5) is 0 Å². The second-order valence-electron chi connectivity index (χ2n) is 4.56. The predicted molar refractivity (Wildman–Crippen MR) is 80.9 cm³/mol. The van der Waals surface area contributed by atoms with Crippen molar-refractivity contribution in [1.29, 1.82) is 0 Å². The van der Waals surface area contributed by atoms with Gasteiger partial charge in [-0.2, -0.15) is 0 Å². The maximum Gasteiger partial charge on any atom is 0.305 e. The molecule has 0 aliphatic carbocycles. The number of hydrogen-bond donors (Lipinski definition) is 3. The first-order valence-electron chi connectivity index (χ1n) is 6.19. The van der Waals surface area contributed by atoms with Crippen molar-refractivity contribution in [2.75, 3.05) is 13.1 Å². The maximum atomic E-state index is 12.5. The van der Waals surface area contributed by atoms with Gasteiger partial charge in [-0.15, -0.1) is 0 Å². The van der Waals surface area contributed by atoms with E-state index in [9.17, 15) is 19.5 Å². The minimum absolute atomic E-state index is 0.0620. The van der Waals surface area contributed by atoms with Gasteiger partial charge >= 0.3 is 5.97 Å². The van der Waals surface area contributed by atoms with Crippen LogP contribution < -0.4 is 5.32 Å². The molecule has 3 N–H and O–H groups in total. The zero-order chi connectivity index (χ0) is 15.6. The van der Waals surface area contributed by atoms with E-state index in [2.05, 4.69) is 5.32 Å². The van der Waals surface area contributed by atoms with Gasteiger partial charge in [-0.25, -0.2) is 0 Å². The van der Waals surface area contributed by atoms with E-state index in [0.29, 0.717) is 0 Å². The summed E-state index contributed by atoms with van der Waals surface area (Å²) in [6.45, 7) is 0.457. The average molecular weight is 404 g/mol. The minimum Gasteiger partial charge on any atom is -0.507 e. The molecular weight excluding hydrogens is 391 g/mol. The molecule has 21 heavy (non-hydrogen) atoms. The molecule has 1 aliphatic rings. The molecule has 1 aromatic rings. The first-order valence-corrected chi connectivity index (χ1v) is 7.27. The highest BCUT2D eigenvalue weighted by molar-refractivity contribution is 14.1. The summed E-state index contributed by atoms with van der Waals surface area (Å²) in [4.78, 5) is 36.4. The normalized spacial score (nSPS) is 18.2. The van der Waals surface area contributed by atoms with Crippen LogP contribution in [0.5, 0.6) is 5.75 Å². The van der Waals surface area contributed by atoms with Crippen molar-refractivity contribution in [1.82, 2.24) is 10.2 Å². The van der Waals surface area contributed by atoms with Gasteiger partial charge < -0.3 is 20.4 Å². The number of amides is 2. The van der Waals surface area contributed by atoms with Gasteiger partial charge in [0, 0.05) is 16.7 Å². The van der Waals surface area contributed by atoms with Crippen LogP contribution in [0.2, 0.25) is 0 Å². The summed E-state index contributed by atoms with van der Waals surface area (Å²) in [6, 6.07) is 3.47. The van der Waals surface area contributed by atoms with Gasteiger partial charge in [-0.05, 0) is 40.8 Å². The van der Waals surface area contributed by atoms with E-state index in [0.717, 1.165) is 3.57 Å². The number of carbonyl (C=O) groups excluding carboxylic acids is 2. The molecule has 1 aromatic carbocycles. The highest BCUT2D eigenvalue weighted by Crippen LogP contribution is 2.23. The number of phenolic OH excluding ortho intramolecular Hbond substituents is 1. The van der Waals surface area contributed by atoms with Gasteiger partial charge in [0.15, 0.2) is 0 Å². The van der Waals surface area contributed by atoms with Crippen LogP contribution in [0.25, 0.3) is 0 Å². The molecule has 1 atom stereocenters. The van der Waals surface area contributed by atoms with Gasteiger partial charge in [0.1, 0.15) is 11.8 Å². The number of carbonyl (C=O) groups is 3. The molecule has 1 saturated heterocycles. The summed E-state index contributed by atoms with van der Waals surface area (Å²) in [5, 5.41) is 21.2. The van der Waals surface area contributed by atoms with E-state index in [1.807, 2.05) is 22.6 Å². The van der Waals surface area contributed by atoms with Gasteiger partial charge in [-0.1, -0.05) is 0 Å². The third kappa shape index (κ3) is 3.43. The molecule has 7 nitrogen and oxygen atoms in total. The number of aliphatic carboxylic acids is 1. The second-order valence-corrected chi connectivity index (χ2v) is 5.81. The van der Waals surface area contributed by atoms with Crippen LogP contribution in [0.1, 0.15) is 16.8 Å². The Bertz CT molecular complexity index is 604. The maximum absolute atomic E-state index is 12.5. The lowest BCUT2D eigenvalue weighted by Crippen LogP contribution is -2.57. The number of phenols is 1. The zero-order valence-electron chi connectivity index (χ0n) is 10.9. The van der Waals surface area contributed by atoms with E-state index in [4.69, 9.17) is 5.11 Å². The smallest absolute Gasteiger partial charge is 0.305 e. The summed E-state index contributed by atoms with van der Waals surface area (Å²) >= 11 is 2.00. The SMILES string of the molecule is O=C(O)CC1C(=O)NCCN1C(=O)c1cc(I)ccc1O. The fraction of sp³-hybridized carbons (Fsp3) is 0.308. The highest BCUT2D eigenvalue weighted by atomic mass is 127. The van der Waals surface area contributed by atoms with Crippen molar-refractivity contribution >= 4 is 40.4 Å².